The molecule has 72 valence electrons. The number of aldehydes is 1. The molecule has 1 heterocycles. The minimum absolute atomic E-state index is 0.125. The summed E-state index contributed by atoms with van der Waals surface area (Å²) in [5, 5.41) is 8.51. The van der Waals surface area contributed by atoms with Crippen molar-refractivity contribution in [3.8, 4) is 6.07 Å². The highest BCUT2D eigenvalue weighted by Gasteiger charge is 2.19. The lowest BCUT2D eigenvalue weighted by atomic mass is 10.1. The van der Waals surface area contributed by atoms with E-state index in [1.807, 2.05) is 0 Å². The van der Waals surface area contributed by atoms with Crippen LogP contribution in [0.1, 0.15) is 28.0 Å². The molecule has 0 bridgehead atoms. The molecule has 3 nitrogen and oxygen atoms in total. The van der Waals surface area contributed by atoms with E-state index >= 15 is 0 Å². The molecule has 0 aromatic carbocycles. The number of hydrogen-bond acceptors (Lipinski definition) is 3. The van der Waals surface area contributed by atoms with Crippen molar-refractivity contribution >= 4 is 22.2 Å². The lowest BCUT2D eigenvalue weighted by Gasteiger charge is -2.06. The molecule has 1 aromatic rings. The first-order valence-electron chi connectivity index (χ1n) is 3.43. The number of rotatable bonds is 2. The molecule has 0 N–H and O–H groups in total. The maximum absolute atomic E-state index is 12.5. The van der Waals surface area contributed by atoms with Gasteiger partial charge in [-0.1, -0.05) is 0 Å². The van der Waals surface area contributed by atoms with Crippen LogP contribution in [0.15, 0.2) is 10.7 Å². The number of nitriles is 1. The third-order valence-electron chi connectivity index (χ3n) is 1.54. The van der Waals surface area contributed by atoms with Gasteiger partial charge in [0.25, 0.3) is 6.43 Å². The van der Waals surface area contributed by atoms with E-state index in [0.29, 0.717) is 0 Å². The van der Waals surface area contributed by atoms with Crippen LogP contribution in [0.3, 0.4) is 0 Å². The van der Waals surface area contributed by atoms with E-state index in [-0.39, 0.29) is 22.0 Å². The Bertz CT molecular complexity index is 415. The fraction of sp³-hybridized carbons (Fsp3) is 0.125. The van der Waals surface area contributed by atoms with Gasteiger partial charge in [-0.05, 0) is 15.9 Å². The quantitative estimate of drug-likeness (QED) is 0.768. The molecule has 0 atom stereocenters. The van der Waals surface area contributed by atoms with E-state index in [1.165, 1.54) is 0 Å². The highest BCUT2D eigenvalue weighted by Crippen LogP contribution is 2.31. The Labute approximate surface area is 86.5 Å². The molecule has 0 aliphatic heterocycles. The second-order valence-electron chi connectivity index (χ2n) is 2.32. The highest BCUT2D eigenvalue weighted by atomic mass is 79.9. The van der Waals surface area contributed by atoms with Gasteiger partial charge in [-0.25, -0.2) is 13.8 Å². The average Bonchev–Trinajstić information content (AvgIpc) is 2.16. The predicted molar refractivity (Wildman–Crippen MR) is 47.0 cm³/mol. The van der Waals surface area contributed by atoms with Crippen LogP contribution in [-0.4, -0.2) is 11.3 Å². The molecule has 14 heavy (non-hydrogen) atoms. The van der Waals surface area contributed by atoms with Crippen molar-refractivity contribution in [2.24, 2.45) is 0 Å². The Hall–Kier alpha value is -1.35. The maximum Gasteiger partial charge on any atom is 0.265 e. The zero-order valence-corrected chi connectivity index (χ0v) is 8.25. The van der Waals surface area contributed by atoms with Crippen LogP contribution < -0.4 is 0 Å². The van der Waals surface area contributed by atoms with Crippen molar-refractivity contribution in [1.29, 1.82) is 5.26 Å². The first-order chi connectivity index (χ1) is 6.61. The molecular weight excluding hydrogens is 258 g/mol. The van der Waals surface area contributed by atoms with Gasteiger partial charge in [0.1, 0.15) is 6.07 Å². The molecule has 0 fully saturated rings. The van der Waals surface area contributed by atoms with Crippen LogP contribution in [-0.2, 0) is 0 Å². The molecule has 0 aliphatic carbocycles. The SMILES string of the molecule is N#Cc1ncc(C=O)c(C(F)F)c1Br. The summed E-state index contributed by atoms with van der Waals surface area (Å²) >= 11 is 2.81. The van der Waals surface area contributed by atoms with E-state index in [0.717, 1.165) is 6.20 Å². The normalized spacial score (nSPS) is 9.93. The van der Waals surface area contributed by atoms with Gasteiger partial charge in [0.05, 0.1) is 4.47 Å². The summed E-state index contributed by atoms with van der Waals surface area (Å²) in [6, 6.07) is 1.63. The number of aromatic nitrogens is 1. The van der Waals surface area contributed by atoms with Crippen molar-refractivity contribution in [2.45, 2.75) is 6.43 Å². The molecule has 1 rings (SSSR count). The van der Waals surface area contributed by atoms with E-state index < -0.39 is 12.0 Å². The summed E-state index contributed by atoms with van der Waals surface area (Å²) in [4.78, 5) is 13.9. The van der Waals surface area contributed by atoms with Gasteiger partial charge in [-0.15, -0.1) is 0 Å². The molecule has 6 heteroatoms. The first-order valence-corrected chi connectivity index (χ1v) is 4.23. The van der Waals surface area contributed by atoms with Gasteiger partial charge in [-0.3, -0.25) is 4.79 Å². The van der Waals surface area contributed by atoms with Crippen LogP contribution in [0.2, 0.25) is 0 Å². The van der Waals surface area contributed by atoms with Gasteiger partial charge >= 0.3 is 0 Å². The summed E-state index contributed by atoms with van der Waals surface area (Å²) in [7, 11) is 0. The predicted octanol–water partition coefficient (Wildman–Crippen LogP) is 2.47. The van der Waals surface area contributed by atoms with Gasteiger partial charge in [-0.2, -0.15) is 5.26 Å². The molecule has 0 saturated heterocycles. The Kier molecular flexibility index (Phi) is 3.25. The number of nitrogens with zero attached hydrogens (tertiary/aromatic N) is 2. The Morgan fingerprint density at radius 2 is 2.29 bits per heavy atom. The van der Waals surface area contributed by atoms with Crippen molar-refractivity contribution in [3.05, 3.63) is 27.5 Å². The number of alkyl halides is 2. The minimum Gasteiger partial charge on any atom is -0.298 e. The number of carbonyl (C=O) groups is 1. The third kappa shape index (κ3) is 1.77. The molecule has 0 radical (unpaired) electrons. The van der Waals surface area contributed by atoms with Crippen molar-refractivity contribution in [1.82, 2.24) is 4.98 Å². The van der Waals surface area contributed by atoms with Crippen LogP contribution in [0, 0.1) is 11.3 Å². The maximum atomic E-state index is 12.5. The zero-order valence-electron chi connectivity index (χ0n) is 6.67. The van der Waals surface area contributed by atoms with Crippen LogP contribution in [0.25, 0.3) is 0 Å². The third-order valence-corrected chi connectivity index (χ3v) is 2.34. The molecule has 0 amide bonds. The minimum atomic E-state index is -2.82. The zero-order chi connectivity index (χ0) is 10.7. The van der Waals surface area contributed by atoms with Gasteiger partial charge in [0, 0.05) is 17.3 Å². The molecule has 0 unspecified atom stereocenters. The lowest BCUT2D eigenvalue weighted by Crippen LogP contribution is -1.99. The van der Waals surface area contributed by atoms with E-state index in [2.05, 4.69) is 20.9 Å². The number of halogens is 3. The number of pyridine rings is 1. The fourth-order valence-electron chi connectivity index (χ4n) is 0.908. The van der Waals surface area contributed by atoms with Gasteiger partial charge in [0.15, 0.2) is 12.0 Å². The van der Waals surface area contributed by atoms with Gasteiger partial charge in [0.2, 0.25) is 0 Å². The molecule has 0 aliphatic rings. The molecule has 0 saturated carbocycles. The van der Waals surface area contributed by atoms with Crippen molar-refractivity contribution in [3.63, 3.8) is 0 Å². The summed E-state index contributed by atoms with van der Waals surface area (Å²) in [5.74, 6) is 0. The summed E-state index contributed by atoms with van der Waals surface area (Å²) in [6.07, 6.45) is -1.59. The Balaban J connectivity index is 3.48. The van der Waals surface area contributed by atoms with E-state index in [9.17, 15) is 13.6 Å². The van der Waals surface area contributed by atoms with E-state index in [4.69, 9.17) is 5.26 Å². The van der Waals surface area contributed by atoms with Crippen LogP contribution in [0.5, 0.6) is 0 Å². The lowest BCUT2D eigenvalue weighted by molar-refractivity contribution is 0.110. The largest absolute Gasteiger partial charge is 0.298 e. The standard InChI is InChI=1S/C8H3BrF2N2O/c9-7-5(1-12)13-2-4(3-14)6(7)8(10)11/h2-3,8H. The highest BCUT2D eigenvalue weighted by molar-refractivity contribution is 9.10. The topological polar surface area (TPSA) is 53.8 Å². The second-order valence-corrected chi connectivity index (χ2v) is 3.11. The summed E-state index contributed by atoms with van der Waals surface area (Å²) in [6.45, 7) is 0. The Morgan fingerprint density at radius 1 is 1.64 bits per heavy atom. The smallest absolute Gasteiger partial charge is 0.265 e. The fourth-order valence-corrected chi connectivity index (χ4v) is 1.50. The first kappa shape index (κ1) is 10.7. The number of carbonyl (C=O) groups excluding carboxylic acids is 1. The summed E-state index contributed by atoms with van der Waals surface area (Å²) < 4.78 is 24.8. The number of hydrogen-bond donors (Lipinski definition) is 0. The van der Waals surface area contributed by atoms with Crippen molar-refractivity contribution < 1.29 is 13.6 Å². The monoisotopic (exact) mass is 260 g/mol. The second kappa shape index (κ2) is 4.24. The van der Waals surface area contributed by atoms with Crippen LogP contribution in [0.4, 0.5) is 8.78 Å². The van der Waals surface area contributed by atoms with Gasteiger partial charge < -0.3 is 0 Å². The van der Waals surface area contributed by atoms with Crippen LogP contribution >= 0.6 is 15.9 Å². The summed E-state index contributed by atoms with van der Waals surface area (Å²) in [5.41, 5.74) is -0.872. The molecular formula is C8H3BrF2N2O. The molecule has 0 spiro atoms. The molecule has 1 aromatic heterocycles. The van der Waals surface area contributed by atoms with Crippen molar-refractivity contribution in [2.75, 3.05) is 0 Å². The Morgan fingerprint density at radius 3 is 2.71 bits per heavy atom. The average molecular weight is 261 g/mol. The van der Waals surface area contributed by atoms with E-state index in [1.54, 1.807) is 6.07 Å².